The molecule has 640 valence electrons. The van der Waals surface area contributed by atoms with Gasteiger partial charge in [-0.15, -0.1) is 0 Å². The molecule has 4 aliphatic rings. The van der Waals surface area contributed by atoms with Crippen LogP contribution in [-0.4, -0.2) is 9.55 Å². The summed E-state index contributed by atoms with van der Waals surface area (Å²) in [4.78, 5) is 8.70. The monoisotopic (exact) mass is 1720 g/mol. The number of hydrogen-bond acceptors (Lipinski definition) is 2. The van der Waals surface area contributed by atoms with Crippen LogP contribution in [0.25, 0.3) is 161 Å². The molecular formula is C130H100N4. The number of H-pyrrole nitrogens is 1. The molecule has 0 fully saturated rings. The zero-order chi connectivity index (χ0) is 90.3. The lowest BCUT2D eigenvalue weighted by Crippen LogP contribution is -2.16. The van der Waals surface area contributed by atoms with E-state index < -0.39 is 0 Å². The van der Waals surface area contributed by atoms with Crippen molar-refractivity contribution in [3.05, 3.63) is 499 Å². The lowest BCUT2D eigenvalue weighted by Gasteiger charge is -2.28. The molecule has 0 bridgehead atoms. The predicted molar refractivity (Wildman–Crippen MR) is 565 cm³/mol. The summed E-state index contributed by atoms with van der Waals surface area (Å²) in [6.45, 7) is 19.0. The van der Waals surface area contributed by atoms with E-state index >= 15 is 0 Å². The Morgan fingerprint density at radius 3 is 0.903 bits per heavy atom. The molecule has 0 spiro atoms. The van der Waals surface area contributed by atoms with Crippen LogP contribution in [0.5, 0.6) is 0 Å². The molecule has 1 N–H and O–H groups in total. The minimum Gasteiger partial charge on any atom is -0.354 e. The van der Waals surface area contributed by atoms with Crippen molar-refractivity contribution >= 4 is 55.9 Å². The quantitative estimate of drug-likeness (QED) is 0.111. The molecule has 0 atom stereocenters. The van der Waals surface area contributed by atoms with Gasteiger partial charge < -0.3 is 19.4 Å². The van der Waals surface area contributed by atoms with Gasteiger partial charge in [0.1, 0.15) is 0 Å². The SMILES string of the molecule is CC1(C)c2ccccc2-c2ccc(N(c3ccc(-c4ccccc4)cc3)c3ccc(-c4ccc5c(c4)C(C)(C)c4cc6[nH]c(-c7ccccc7)c(-c7ccccc7)c6cc4-5)cc3)cc21.CC1(C)c2ccccc2-c2ccc(N(c3ccc(-c4ccccc4)cc3)c3ccc(-c4ccc5c(c4)C(C)(C)c4cc6c(cc4-5)c(-c4ccccc4)c(-c4ccccc4)n6-c4ccccc4)cc3)cc21. The summed E-state index contributed by atoms with van der Waals surface area (Å²) in [6.07, 6.45) is 0. The van der Waals surface area contributed by atoms with E-state index in [2.05, 4.69) is 530 Å². The van der Waals surface area contributed by atoms with Gasteiger partial charge in [0.25, 0.3) is 0 Å². The first-order chi connectivity index (χ1) is 65.5. The second-order valence-electron chi connectivity index (χ2n) is 38.8. The van der Waals surface area contributed by atoms with Crippen molar-refractivity contribution in [3.8, 4) is 139 Å². The van der Waals surface area contributed by atoms with Gasteiger partial charge in [-0.3, -0.25) is 0 Å². The van der Waals surface area contributed by atoms with Gasteiger partial charge in [-0.05, 0) is 277 Å². The van der Waals surface area contributed by atoms with Crippen LogP contribution in [0.4, 0.5) is 34.1 Å². The molecule has 4 nitrogen and oxygen atoms in total. The molecule has 19 aromatic carbocycles. The molecule has 25 rings (SSSR count). The Morgan fingerprint density at radius 2 is 0.478 bits per heavy atom. The zero-order valence-corrected chi connectivity index (χ0v) is 76.6. The van der Waals surface area contributed by atoms with Crippen molar-refractivity contribution in [1.29, 1.82) is 0 Å². The van der Waals surface area contributed by atoms with Crippen molar-refractivity contribution in [2.24, 2.45) is 0 Å². The molecule has 0 saturated carbocycles. The highest BCUT2D eigenvalue weighted by atomic mass is 15.1. The Labute approximate surface area is 785 Å². The average molecular weight is 1720 g/mol. The van der Waals surface area contributed by atoms with Gasteiger partial charge in [-0.1, -0.05) is 389 Å². The van der Waals surface area contributed by atoms with E-state index in [-0.39, 0.29) is 21.7 Å². The summed E-state index contributed by atoms with van der Waals surface area (Å²) in [7, 11) is 0. The third-order valence-electron chi connectivity index (χ3n) is 29.6. The van der Waals surface area contributed by atoms with Crippen LogP contribution < -0.4 is 9.80 Å². The van der Waals surface area contributed by atoms with Crippen LogP contribution in [0.2, 0.25) is 0 Å². The van der Waals surface area contributed by atoms with Gasteiger partial charge in [0.05, 0.1) is 16.9 Å². The summed E-state index contributed by atoms with van der Waals surface area (Å²) < 4.78 is 2.49. The number of anilines is 6. The highest BCUT2D eigenvalue weighted by molar-refractivity contribution is 6.10. The first-order valence-corrected chi connectivity index (χ1v) is 47.1. The van der Waals surface area contributed by atoms with Crippen molar-refractivity contribution in [2.45, 2.75) is 77.0 Å². The van der Waals surface area contributed by atoms with Crippen molar-refractivity contribution in [2.75, 3.05) is 9.80 Å². The molecule has 2 heterocycles. The molecule has 4 heteroatoms. The fourth-order valence-electron chi connectivity index (χ4n) is 22.7. The summed E-state index contributed by atoms with van der Waals surface area (Å²) in [5.41, 5.74) is 50.6. The molecule has 0 amide bonds. The normalized spacial score (nSPS) is 13.8. The molecule has 0 saturated heterocycles. The van der Waals surface area contributed by atoms with Crippen molar-refractivity contribution < 1.29 is 0 Å². The molecule has 21 aromatic rings. The third-order valence-corrected chi connectivity index (χ3v) is 29.6. The number of rotatable bonds is 15. The number of hydrogen-bond donors (Lipinski definition) is 1. The first kappa shape index (κ1) is 81.1. The molecule has 4 aliphatic carbocycles. The fourth-order valence-corrected chi connectivity index (χ4v) is 22.7. The predicted octanol–water partition coefficient (Wildman–Crippen LogP) is 35.3. The van der Waals surface area contributed by atoms with E-state index in [4.69, 9.17) is 0 Å². The van der Waals surface area contributed by atoms with Gasteiger partial charge >= 0.3 is 0 Å². The van der Waals surface area contributed by atoms with Gasteiger partial charge in [0, 0.05) is 88.9 Å². The minimum absolute atomic E-state index is 0.0990. The fraction of sp³-hybridized carbons (Fsp3) is 0.0923. The summed E-state index contributed by atoms with van der Waals surface area (Å²) in [5, 5.41) is 2.51. The topological polar surface area (TPSA) is 27.2 Å². The molecule has 0 radical (unpaired) electrons. The van der Waals surface area contributed by atoms with E-state index in [0.717, 1.165) is 45.5 Å². The Hall–Kier alpha value is -16.1. The number of para-hydroxylation sites is 1. The van der Waals surface area contributed by atoms with Crippen molar-refractivity contribution in [3.63, 3.8) is 0 Å². The second kappa shape index (κ2) is 31.9. The third kappa shape index (κ3) is 13.4. The molecular weight excluding hydrogens is 1620 g/mol. The minimum atomic E-state index is -0.232. The van der Waals surface area contributed by atoms with E-state index in [9.17, 15) is 0 Å². The number of nitrogens with zero attached hydrogens (tertiary/aromatic N) is 3. The standard InChI is InChI=1S/C68H52N2.C62H48N2/c1-67(2)60-28-18-17-27-55(60)56-40-38-54(42-62(56)67)69(52-34-29-46(30-35-52)45-19-9-5-10-20-45)53-36-31-47(32-37-53)50-33-39-57-58-43-59-64(44-63(58)68(3,4)61(57)41-50)70(51-25-15-8-16-26-51)66(49-23-13-7-14-24-49)65(59)48-21-11-6-12-22-48;1-61(2)54-23-15-14-22-49(54)50-35-33-48(37-56(50)61)64(46-29-24-41(25-30-46)40-16-8-5-9-17-40)47-31-26-42(27-32-47)45-28-34-51-52-38-53-58(39-57(52)62(3,4)55(51)36-45)63-60(44-20-12-7-13-21-44)59(53)43-18-10-6-11-19-43/h5-44H,1-4H3;5-39,63H,1-4H3. The van der Waals surface area contributed by atoms with Crippen LogP contribution >= 0.6 is 0 Å². The smallest absolute Gasteiger partial charge is 0.0619 e. The van der Waals surface area contributed by atoms with E-state index in [0.29, 0.717) is 0 Å². The Bertz CT molecular complexity index is 8130. The van der Waals surface area contributed by atoms with Crippen LogP contribution in [0.15, 0.2) is 455 Å². The van der Waals surface area contributed by atoms with Gasteiger partial charge in [0.15, 0.2) is 0 Å². The molecule has 0 unspecified atom stereocenters. The van der Waals surface area contributed by atoms with Crippen LogP contribution in [0.3, 0.4) is 0 Å². The van der Waals surface area contributed by atoms with Crippen LogP contribution in [-0.2, 0) is 21.7 Å². The Balaban J connectivity index is 0.000000148. The van der Waals surface area contributed by atoms with Crippen LogP contribution in [0, 0.1) is 0 Å². The number of nitrogens with one attached hydrogen (secondary N) is 1. The lowest BCUT2D eigenvalue weighted by atomic mass is 9.81. The van der Waals surface area contributed by atoms with Gasteiger partial charge in [-0.25, -0.2) is 0 Å². The van der Waals surface area contributed by atoms with E-state index in [1.54, 1.807) is 0 Å². The maximum atomic E-state index is 3.87. The number of aromatic nitrogens is 2. The van der Waals surface area contributed by atoms with Gasteiger partial charge in [0.2, 0.25) is 0 Å². The largest absolute Gasteiger partial charge is 0.354 e. The molecule has 134 heavy (non-hydrogen) atoms. The highest BCUT2D eigenvalue weighted by Crippen LogP contribution is 2.59. The van der Waals surface area contributed by atoms with Crippen molar-refractivity contribution in [1.82, 2.24) is 9.55 Å². The zero-order valence-electron chi connectivity index (χ0n) is 76.6. The summed E-state index contributed by atoms with van der Waals surface area (Å²) >= 11 is 0. The van der Waals surface area contributed by atoms with Gasteiger partial charge in [-0.2, -0.15) is 0 Å². The maximum Gasteiger partial charge on any atom is 0.0619 e. The molecule has 0 aliphatic heterocycles. The average Bonchev–Trinajstić information content (AvgIpc) is 1.55. The van der Waals surface area contributed by atoms with Crippen LogP contribution in [0.1, 0.15) is 99.9 Å². The highest BCUT2D eigenvalue weighted by Gasteiger charge is 2.42. The van der Waals surface area contributed by atoms with E-state index in [1.807, 2.05) is 0 Å². The number of fused-ring (bicyclic) bond motifs is 14. The Kier molecular flexibility index (Phi) is 19.3. The Morgan fingerprint density at radius 1 is 0.194 bits per heavy atom. The first-order valence-electron chi connectivity index (χ1n) is 47.1. The second-order valence-corrected chi connectivity index (χ2v) is 38.8. The molecule has 2 aromatic heterocycles. The number of benzene rings is 19. The number of aromatic amines is 1. The summed E-state index contributed by atoms with van der Waals surface area (Å²) in [6, 6.07) is 168. The maximum absolute atomic E-state index is 3.87. The van der Waals surface area contributed by atoms with E-state index in [1.165, 1.54) is 194 Å². The summed E-state index contributed by atoms with van der Waals surface area (Å²) in [5.74, 6) is 0. The lowest BCUT2D eigenvalue weighted by molar-refractivity contribution is 0.660.